The number of amidine groups is 1. The number of benzene rings is 2. The number of anilines is 1. The topological polar surface area (TPSA) is 71.0 Å². The Hall–Kier alpha value is -3.03. The van der Waals surface area contributed by atoms with E-state index in [-0.39, 0.29) is 12.3 Å². The Morgan fingerprint density at radius 2 is 1.81 bits per heavy atom. The lowest BCUT2D eigenvalue weighted by atomic mass is 9.94. The van der Waals surface area contributed by atoms with E-state index >= 15 is 0 Å². The van der Waals surface area contributed by atoms with E-state index in [1.807, 2.05) is 53.6 Å². The molecule has 0 unspecified atom stereocenters. The van der Waals surface area contributed by atoms with Gasteiger partial charge in [0.25, 0.3) is 0 Å². The van der Waals surface area contributed by atoms with Gasteiger partial charge in [-0.05, 0) is 49.1 Å². The van der Waals surface area contributed by atoms with Gasteiger partial charge in [0.2, 0.25) is 5.91 Å². The lowest BCUT2D eigenvalue weighted by molar-refractivity contribution is -0.136. The predicted molar refractivity (Wildman–Crippen MR) is 128 cm³/mol. The maximum absolute atomic E-state index is 12.8. The van der Waals surface area contributed by atoms with Crippen LogP contribution in [0.4, 0.5) is 5.69 Å². The van der Waals surface area contributed by atoms with E-state index in [4.69, 9.17) is 16.3 Å². The molecular formula is C24H22ClN3O3S. The number of carbonyl (C=O) groups is 2. The Bertz CT molecular complexity index is 1150. The van der Waals surface area contributed by atoms with E-state index < -0.39 is 12.0 Å². The minimum Gasteiger partial charge on any atom is -0.466 e. The molecule has 0 bridgehead atoms. The van der Waals surface area contributed by atoms with Gasteiger partial charge in [0.1, 0.15) is 0 Å². The highest BCUT2D eigenvalue weighted by atomic mass is 35.5. The Labute approximate surface area is 196 Å². The minimum atomic E-state index is -0.472. The highest BCUT2D eigenvalue weighted by Crippen LogP contribution is 2.45. The number of halogens is 1. The van der Waals surface area contributed by atoms with E-state index in [1.54, 1.807) is 19.1 Å². The van der Waals surface area contributed by atoms with Crippen LogP contribution in [0.2, 0.25) is 5.02 Å². The lowest BCUT2D eigenvalue weighted by Gasteiger charge is -2.36. The first-order valence-corrected chi connectivity index (χ1v) is 11.3. The fourth-order valence-corrected chi connectivity index (χ4v) is 4.80. The average molecular weight is 468 g/mol. The molecule has 0 radical (unpaired) electrons. The summed E-state index contributed by atoms with van der Waals surface area (Å²) in [6, 6.07) is 14.5. The predicted octanol–water partition coefficient (Wildman–Crippen LogP) is 5.43. The Kier molecular flexibility index (Phi) is 6.39. The molecule has 2 aromatic carbocycles. The van der Waals surface area contributed by atoms with E-state index in [1.165, 1.54) is 18.9 Å². The van der Waals surface area contributed by atoms with E-state index in [0.29, 0.717) is 21.5 Å². The number of methoxy groups -OCH3 is 1. The van der Waals surface area contributed by atoms with Crippen LogP contribution >= 0.6 is 23.4 Å². The molecule has 6 nitrogen and oxygen atoms in total. The van der Waals surface area contributed by atoms with Crippen LogP contribution < -0.4 is 5.32 Å². The van der Waals surface area contributed by atoms with Crippen molar-refractivity contribution in [2.24, 2.45) is 4.99 Å². The van der Waals surface area contributed by atoms with Crippen molar-refractivity contribution in [1.29, 1.82) is 0 Å². The summed E-state index contributed by atoms with van der Waals surface area (Å²) < 4.78 is 5.06. The standard InChI is InChI=1S/C24H22ClN3O3S/c1-14-4-10-18(11-5-14)27-20(29)12-19-13-32-24-26-15(2)21(23(30)31-3)22(28(19)24)16-6-8-17(25)9-7-16/h4-11,13,22H,12H2,1-3H3,(H,27,29)/t22-/m0/s1. The van der Waals surface area contributed by atoms with Gasteiger partial charge in [-0.25, -0.2) is 9.79 Å². The summed E-state index contributed by atoms with van der Waals surface area (Å²) in [6.45, 7) is 3.79. The summed E-state index contributed by atoms with van der Waals surface area (Å²) in [4.78, 5) is 32.1. The number of amides is 1. The Morgan fingerprint density at radius 1 is 1.12 bits per heavy atom. The van der Waals surface area contributed by atoms with Gasteiger partial charge in [0.15, 0.2) is 5.17 Å². The number of nitrogens with one attached hydrogen (secondary N) is 1. The summed E-state index contributed by atoms with van der Waals surface area (Å²) in [7, 11) is 1.35. The molecule has 8 heteroatoms. The molecule has 0 saturated carbocycles. The molecule has 4 rings (SSSR count). The molecule has 164 valence electrons. The normalized spacial score (nSPS) is 17.5. The number of rotatable bonds is 5. The number of fused-ring (bicyclic) bond motifs is 1. The minimum absolute atomic E-state index is 0.136. The van der Waals surface area contributed by atoms with Gasteiger partial charge in [-0.1, -0.05) is 53.2 Å². The summed E-state index contributed by atoms with van der Waals surface area (Å²) >= 11 is 7.52. The molecular weight excluding hydrogens is 446 g/mol. The number of thioether (sulfide) groups is 1. The molecule has 2 aromatic rings. The van der Waals surface area contributed by atoms with Gasteiger partial charge < -0.3 is 15.0 Å². The number of hydrogen-bond acceptors (Lipinski definition) is 6. The van der Waals surface area contributed by atoms with Crippen LogP contribution in [0.15, 0.2) is 75.9 Å². The largest absolute Gasteiger partial charge is 0.466 e. The third-order valence-electron chi connectivity index (χ3n) is 5.27. The molecule has 0 saturated heterocycles. The second-order valence-electron chi connectivity index (χ2n) is 7.53. The number of allylic oxidation sites excluding steroid dienone is 1. The van der Waals surface area contributed by atoms with Crippen molar-refractivity contribution in [2.75, 3.05) is 12.4 Å². The molecule has 0 aromatic heterocycles. The zero-order valence-electron chi connectivity index (χ0n) is 17.9. The first kappa shape index (κ1) is 22.2. The van der Waals surface area contributed by atoms with Gasteiger partial charge in [0.05, 0.1) is 30.8 Å². The van der Waals surface area contributed by atoms with Crippen LogP contribution in [0.25, 0.3) is 0 Å². The maximum atomic E-state index is 12.8. The number of aliphatic imine (C=N–C) groups is 1. The first-order valence-electron chi connectivity index (χ1n) is 10.0. The fourth-order valence-electron chi connectivity index (χ4n) is 3.71. The highest BCUT2D eigenvalue weighted by Gasteiger charge is 2.40. The molecule has 0 spiro atoms. The highest BCUT2D eigenvalue weighted by molar-refractivity contribution is 8.16. The van der Waals surface area contributed by atoms with Crippen LogP contribution in [0.1, 0.15) is 30.5 Å². The van der Waals surface area contributed by atoms with Crippen molar-refractivity contribution in [1.82, 2.24) is 4.90 Å². The average Bonchev–Trinajstić information content (AvgIpc) is 3.16. The van der Waals surface area contributed by atoms with Gasteiger partial charge >= 0.3 is 5.97 Å². The first-order chi connectivity index (χ1) is 15.4. The van der Waals surface area contributed by atoms with Crippen LogP contribution in [0, 0.1) is 6.92 Å². The van der Waals surface area contributed by atoms with Crippen LogP contribution in [-0.4, -0.2) is 29.1 Å². The van der Waals surface area contributed by atoms with Gasteiger partial charge in [-0.2, -0.15) is 0 Å². The van der Waals surface area contributed by atoms with Crippen LogP contribution in [-0.2, 0) is 14.3 Å². The monoisotopic (exact) mass is 467 g/mol. The summed E-state index contributed by atoms with van der Waals surface area (Å²) in [6.07, 6.45) is 0.136. The molecule has 1 amide bonds. The third kappa shape index (κ3) is 4.45. The molecule has 0 aliphatic carbocycles. The second kappa shape index (κ2) is 9.22. The van der Waals surface area contributed by atoms with E-state index in [0.717, 1.165) is 22.5 Å². The van der Waals surface area contributed by atoms with Gasteiger partial charge in [-0.15, -0.1) is 0 Å². The Morgan fingerprint density at radius 3 is 2.47 bits per heavy atom. The Balaban J connectivity index is 1.65. The lowest BCUT2D eigenvalue weighted by Crippen LogP contribution is -2.37. The summed E-state index contributed by atoms with van der Waals surface area (Å²) in [5.74, 6) is -0.603. The van der Waals surface area contributed by atoms with Crippen molar-refractivity contribution >= 4 is 46.1 Å². The summed E-state index contributed by atoms with van der Waals surface area (Å²) in [5.41, 5.74) is 4.50. The quantitative estimate of drug-likeness (QED) is 0.594. The molecule has 2 heterocycles. The van der Waals surface area contributed by atoms with Crippen LogP contribution in [0.3, 0.4) is 0 Å². The maximum Gasteiger partial charge on any atom is 0.338 e. The van der Waals surface area contributed by atoms with E-state index in [9.17, 15) is 9.59 Å². The smallest absolute Gasteiger partial charge is 0.338 e. The zero-order chi connectivity index (χ0) is 22.8. The third-order valence-corrected chi connectivity index (χ3v) is 6.41. The number of aryl methyl sites for hydroxylation is 1. The van der Waals surface area contributed by atoms with E-state index in [2.05, 4.69) is 10.3 Å². The molecule has 2 aliphatic rings. The molecule has 2 aliphatic heterocycles. The molecule has 0 fully saturated rings. The number of nitrogens with zero attached hydrogens (tertiary/aromatic N) is 2. The SMILES string of the molecule is COC(=O)C1=C(C)N=C2SC=C(CC(=O)Nc3ccc(C)cc3)N2[C@H]1c1ccc(Cl)cc1. The molecule has 32 heavy (non-hydrogen) atoms. The van der Waals surface area contributed by atoms with Crippen LogP contribution in [0.5, 0.6) is 0 Å². The van der Waals surface area contributed by atoms with Crippen molar-refractivity contribution in [3.8, 4) is 0 Å². The number of esters is 1. The zero-order valence-corrected chi connectivity index (χ0v) is 19.5. The molecule has 1 N–H and O–H groups in total. The van der Waals surface area contributed by atoms with Crippen molar-refractivity contribution in [2.45, 2.75) is 26.3 Å². The number of ether oxygens (including phenoxy) is 1. The van der Waals surface area contributed by atoms with Crippen molar-refractivity contribution in [3.63, 3.8) is 0 Å². The van der Waals surface area contributed by atoms with Crippen molar-refractivity contribution in [3.05, 3.63) is 87.1 Å². The summed E-state index contributed by atoms with van der Waals surface area (Å²) in [5, 5.41) is 6.15. The van der Waals surface area contributed by atoms with Gasteiger partial charge in [-0.3, -0.25) is 4.79 Å². The second-order valence-corrected chi connectivity index (χ2v) is 8.80. The van der Waals surface area contributed by atoms with Gasteiger partial charge in [0, 0.05) is 16.4 Å². The fraction of sp³-hybridized carbons (Fsp3) is 0.208. The number of carbonyl (C=O) groups excluding carboxylic acids is 2. The molecule has 1 atom stereocenters. The number of hydrogen-bond donors (Lipinski definition) is 1. The van der Waals surface area contributed by atoms with Crippen molar-refractivity contribution < 1.29 is 14.3 Å².